The third kappa shape index (κ3) is 4.64. The molecule has 0 radical (unpaired) electrons. The van der Waals surface area contributed by atoms with Crippen molar-refractivity contribution in [3.63, 3.8) is 0 Å². The molecule has 0 amide bonds. The minimum atomic E-state index is -0.909. The molecule has 7 rings (SSSR count). The van der Waals surface area contributed by atoms with Crippen LogP contribution in [0.2, 0.25) is 0 Å². The van der Waals surface area contributed by atoms with Gasteiger partial charge in [-0.2, -0.15) is 0 Å². The molecular weight excluding hydrogens is 550 g/mol. The number of aliphatic hydroxyl groups is 1. The van der Waals surface area contributed by atoms with Crippen LogP contribution < -0.4 is 0 Å². The molecule has 228 valence electrons. The first-order valence-electron chi connectivity index (χ1n) is 15.7. The Bertz CT molecular complexity index is 1620. The standard InChI is InChI=1S/C22H27NO2.C16H14O3/c1-4-22(24)10-8-18-16-6-5-15-11-19-14(13-23-25-19)12-20(15,2)17(16)7-9-21(18,22)3;1-3-12(11-7-5-4-6-8-11)13-9-15(18)16(19-2)10-14(13)17/h1,11,13,16-18,24H,5-10,12H2,2-3H3;3-10,12H,1H2,2H3. The number of ether oxygens (including phenoxy) is 1. The molecule has 1 heterocycles. The third-order valence-electron chi connectivity index (χ3n) is 11.7. The zero-order chi connectivity index (χ0) is 31.3. The predicted octanol–water partition coefficient (Wildman–Crippen LogP) is 6.79. The van der Waals surface area contributed by atoms with E-state index in [2.05, 4.69) is 37.6 Å². The molecular formula is C38H41NO5. The van der Waals surface area contributed by atoms with Gasteiger partial charge in [-0.3, -0.25) is 9.59 Å². The SMILES string of the molecule is C#CC1(O)CCC2C3CCC4=Cc5oncc5CC4(C)C3CCC21C.C=CC(C1=CC(=O)C(OC)=CC1=O)c1ccccc1. The summed E-state index contributed by atoms with van der Waals surface area (Å²) in [5.74, 6) is 4.92. The molecule has 0 aliphatic heterocycles. The van der Waals surface area contributed by atoms with Crippen LogP contribution in [0.4, 0.5) is 0 Å². The highest BCUT2D eigenvalue weighted by atomic mass is 16.5. The molecule has 0 saturated heterocycles. The number of aromatic nitrogens is 1. The monoisotopic (exact) mass is 591 g/mol. The first kappa shape index (κ1) is 30.1. The Balaban J connectivity index is 0.000000163. The van der Waals surface area contributed by atoms with E-state index in [1.165, 1.54) is 31.2 Å². The van der Waals surface area contributed by atoms with Crippen LogP contribution in [0.5, 0.6) is 0 Å². The number of carbonyl (C=O) groups excluding carboxylic acids is 2. The molecule has 2 aromatic rings. The summed E-state index contributed by atoms with van der Waals surface area (Å²) in [5.41, 5.74) is 3.34. The Hall–Kier alpha value is -3.95. The second-order valence-corrected chi connectivity index (χ2v) is 13.6. The number of nitrogens with zero attached hydrogens (tertiary/aromatic N) is 1. The van der Waals surface area contributed by atoms with Crippen LogP contribution in [0.25, 0.3) is 6.08 Å². The average molecular weight is 592 g/mol. The largest absolute Gasteiger partial charge is 0.493 e. The van der Waals surface area contributed by atoms with E-state index in [9.17, 15) is 14.7 Å². The van der Waals surface area contributed by atoms with E-state index in [1.807, 2.05) is 36.5 Å². The minimum Gasteiger partial charge on any atom is -0.493 e. The lowest BCUT2D eigenvalue weighted by molar-refractivity contribution is -0.117. The van der Waals surface area contributed by atoms with Gasteiger partial charge in [0.2, 0.25) is 5.78 Å². The van der Waals surface area contributed by atoms with Gasteiger partial charge in [-0.1, -0.05) is 66.9 Å². The second kappa shape index (κ2) is 11.2. The van der Waals surface area contributed by atoms with Crippen molar-refractivity contribution in [1.29, 1.82) is 0 Å². The molecule has 5 aliphatic rings. The molecule has 3 fully saturated rings. The van der Waals surface area contributed by atoms with Gasteiger partial charge in [-0.25, -0.2) is 0 Å². The van der Waals surface area contributed by atoms with Gasteiger partial charge in [-0.05, 0) is 85.8 Å². The van der Waals surface area contributed by atoms with Gasteiger partial charge < -0.3 is 14.4 Å². The van der Waals surface area contributed by atoms with E-state index in [1.54, 1.807) is 11.6 Å². The zero-order valence-electron chi connectivity index (χ0n) is 25.8. The fourth-order valence-electron chi connectivity index (χ4n) is 9.20. The van der Waals surface area contributed by atoms with E-state index < -0.39 is 5.60 Å². The summed E-state index contributed by atoms with van der Waals surface area (Å²) in [6.45, 7) is 8.47. The number of ketones is 2. The van der Waals surface area contributed by atoms with Crippen LogP contribution in [0.1, 0.15) is 75.2 Å². The topological polar surface area (TPSA) is 89.6 Å². The Kier molecular flexibility index (Phi) is 7.66. The van der Waals surface area contributed by atoms with Gasteiger partial charge in [-0.15, -0.1) is 13.0 Å². The highest BCUT2D eigenvalue weighted by molar-refractivity contribution is 6.19. The van der Waals surface area contributed by atoms with Crippen molar-refractivity contribution in [1.82, 2.24) is 5.16 Å². The summed E-state index contributed by atoms with van der Waals surface area (Å²) in [4.78, 5) is 23.8. The molecule has 6 nitrogen and oxygen atoms in total. The van der Waals surface area contributed by atoms with Crippen LogP contribution in [-0.4, -0.2) is 34.5 Å². The highest BCUT2D eigenvalue weighted by Crippen LogP contribution is 2.67. The van der Waals surface area contributed by atoms with Gasteiger partial charge in [0.15, 0.2) is 17.3 Å². The molecule has 5 aliphatic carbocycles. The normalized spacial score (nSPS) is 34.2. The molecule has 0 spiro atoms. The smallest absolute Gasteiger partial charge is 0.220 e. The molecule has 1 aromatic heterocycles. The maximum absolute atomic E-state index is 12.1. The average Bonchev–Trinajstić information content (AvgIpc) is 3.59. The van der Waals surface area contributed by atoms with Crippen molar-refractivity contribution >= 4 is 17.6 Å². The van der Waals surface area contributed by atoms with Crippen molar-refractivity contribution in [2.75, 3.05) is 7.11 Å². The number of allylic oxidation sites excluding steroid dienone is 5. The third-order valence-corrected chi connectivity index (χ3v) is 11.7. The molecule has 1 N–H and O–H groups in total. The van der Waals surface area contributed by atoms with Crippen molar-refractivity contribution in [3.8, 4) is 12.3 Å². The molecule has 44 heavy (non-hydrogen) atoms. The highest BCUT2D eigenvalue weighted by Gasteiger charge is 2.63. The summed E-state index contributed by atoms with van der Waals surface area (Å²) in [7, 11) is 1.37. The Morgan fingerprint density at radius 2 is 1.84 bits per heavy atom. The number of methoxy groups -OCH3 is 1. The van der Waals surface area contributed by atoms with Crippen LogP contribution in [0.3, 0.4) is 0 Å². The quantitative estimate of drug-likeness (QED) is 0.239. The fraction of sp³-hybridized carbons (Fsp3) is 0.447. The second-order valence-electron chi connectivity index (χ2n) is 13.6. The van der Waals surface area contributed by atoms with Gasteiger partial charge in [0.25, 0.3) is 0 Å². The predicted molar refractivity (Wildman–Crippen MR) is 169 cm³/mol. The first-order chi connectivity index (χ1) is 21.1. The number of rotatable bonds is 4. The minimum absolute atomic E-state index is 0.0737. The van der Waals surface area contributed by atoms with Crippen molar-refractivity contribution in [3.05, 3.63) is 95.1 Å². The van der Waals surface area contributed by atoms with E-state index in [0.29, 0.717) is 23.3 Å². The molecule has 6 heteroatoms. The number of benzene rings is 1. The summed E-state index contributed by atoms with van der Waals surface area (Å²) in [6.07, 6.45) is 21.6. The van der Waals surface area contributed by atoms with Crippen LogP contribution in [0, 0.1) is 40.9 Å². The summed E-state index contributed by atoms with van der Waals surface area (Å²) >= 11 is 0. The van der Waals surface area contributed by atoms with Crippen molar-refractivity contribution < 1.29 is 24.0 Å². The van der Waals surface area contributed by atoms with E-state index in [0.717, 1.165) is 49.8 Å². The Morgan fingerprint density at radius 1 is 1.09 bits per heavy atom. The number of terminal acetylenes is 1. The lowest BCUT2D eigenvalue weighted by atomic mass is 9.46. The van der Waals surface area contributed by atoms with E-state index >= 15 is 0 Å². The van der Waals surface area contributed by atoms with E-state index in [4.69, 9.17) is 15.7 Å². The Labute approximate surface area is 259 Å². The first-order valence-corrected chi connectivity index (χ1v) is 15.7. The Morgan fingerprint density at radius 3 is 2.55 bits per heavy atom. The number of hydrogen-bond donors (Lipinski definition) is 1. The lowest BCUT2D eigenvalue weighted by Crippen LogP contribution is -2.54. The summed E-state index contributed by atoms with van der Waals surface area (Å²) in [5, 5.41) is 15.1. The fourth-order valence-corrected chi connectivity index (χ4v) is 9.20. The maximum atomic E-state index is 12.1. The van der Waals surface area contributed by atoms with Crippen molar-refractivity contribution in [2.45, 2.75) is 70.3 Å². The van der Waals surface area contributed by atoms with Gasteiger partial charge in [0.1, 0.15) is 5.60 Å². The lowest BCUT2D eigenvalue weighted by Gasteiger charge is -2.58. The van der Waals surface area contributed by atoms with Crippen LogP contribution >= 0.6 is 0 Å². The summed E-state index contributed by atoms with van der Waals surface area (Å²) in [6, 6.07) is 9.48. The number of hydrogen-bond acceptors (Lipinski definition) is 6. The molecule has 7 unspecified atom stereocenters. The van der Waals surface area contributed by atoms with Gasteiger partial charge >= 0.3 is 0 Å². The number of carbonyl (C=O) groups is 2. The van der Waals surface area contributed by atoms with Crippen molar-refractivity contribution in [2.24, 2.45) is 28.6 Å². The number of fused-ring (bicyclic) bond motifs is 6. The van der Waals surface area contributed by atoms with Crippen LogP contribution in [0.15, 0.2) is 82.8 Å². The van der Waals surface area contributed by atoms with Crippen LogP contribution in [-0.2, 0) is 20.7 Å². The van der Waals surface area contributed by atoms with E-state index in [-0.39, 0.29) is 34.1 Å². The molecule has 7 atom stereocenters. The van der Waals surface area contributed by atoms with Gasteiger partial charge in [0, 0.05) is 28.5 Å². The zero-order valence-corrected chi connectivity index (χ0v) is 25.8. The summed E-state index contributed by atoms with van der Waals surface area (Å²) < 4.78 is 10.3. The van der Waals surface area contributed by atoms with Gasteiger partial charge in [0.05, 0.1) is 13.3 Å². The molecule has 1 aromatic carbocycles. The molecule has 3 saturated carbocycles. The molecule has 0 bridgehead atoms. The maximum Gasteiger partial charge on any atom is 0.220 e.